The fourth-order valence-electron chi connectivity index (χ4n) is 2.74. The van der Waals surface area contributed by atoms with Gasteiger partial charge >= 0.3 is 6.09 Å². The third-order valence-corrected chi connectivity index (χ3v) is 4.76. The molecule has 0 aromatic carbocycles. The van der Waals surface area contributed by atoms with Gasteiger partial charge in [-0.3, -0.25) is 9.63 Å². The third-order valence-electron chi connectivity index (χ3n) is 4.76. The molecule has 0 spiro atoms. The zero-order valence-corrected chi connectivity index (χ0v) is 21.8. The van der Waals surface area contributed by atoms with Gasteiger partial charge in [-0.1, -0.05) is 6.42 Å². The number of nitrogens with one attached hydrogen (secondary N) is 2. The summed E-state index contributed by atoms with van der Waals surface area (Å²) >= 11 is 0. The number of carbonyl (C=O) groups excluding carboxylic acids is 2. The van der Waals surface area contributed by atoms with Gasteiger partial charge in [0.05, 0.1) is 37.1 Å². The van der Waals surface area contributed by atoms with Gasteiger partial charge in [-0.05, 0) is 80.7 Å². The number of hydroxylamine groups is 1. The second-order valence-corrected chi connectivity index (χ2v) is 10.4. The van der Waals surface area contributed by atoms with Crippen LogP contribution >= 0.6 is 0 Å². The highest BCUT2D eigenvalue weighted by atomic mass is 16.7. The minimum absolute atomic E-state index is 0.138. The van der Waals surface area contributed by atoms with E-state index in [1.807, 2.05) is 27.7 Å². The fourth-order valence-corrected chi connectivity index (χ4v) is 2.74. The smallest absolute Gasteiger partial charge is 0.431 e. The van der Waals surface area contributed by atoms with Gasteiger partial charge in [0, 0.05) is 6.54 Å². The molecule has 1 atom stereocenters. The SMILES string of the molecule is CC(C)(C)OC(=O)NOCCOC(C)(C)CCOC(C)(C)CCNC(=O)[C@@H](N)CCCCN. The van der Waals surface area contributed by atoms with Crippen molar-refractivity contribution in [3.05, 3.63) is 0 Å². The number of nitrogens with two attached hydrogens (primary N) is 2. The van der Waals surface area contributed by atoms with E-state index in [9.17, 15) is 9.59 Å². The number of amides is 2. The van der Waals surface area contributed by atoms with Crippen LogP contribution < -0.4 is 22.3 Å². The quantitative estimate of drug-likeness (QED) is 0.185. The van der Waals surface area contributed by atoms with Crippen molar-refractivity contribution in [1.82, 2.24) is 10.8 Å². The molecule has 0 saturated carbocycles. The molecule has 0 aromatic heterocycles. The van der Waals surface area contributed by atoms with Crippen molar-refractivity contribution in [2.24, 2.45) is 11.5 Å². The summed E-state index contributed by atoms with van der Waals surface area (Å²) in [6.07, 6.45) is 3.07. The predicted octanol–water partition coefficient (Wildman–Crippen LogP) is 2.39. The van der Waals surface area contributed by atoms with E-state index in [4.69, 9.17) is 30.5 Å². The van der Waals surface area contributed by atoms with Crippen molar-refractivity contribution >= 4 is 12.0 Å². The molecular weight excluding hydrogens is 428 g/mol. The van der Waals surface area contributed by atoms with Crippen molar-refractivity contribution in [3.63, 3.8) is 0 Å². The summed E-state index contributed by atoms with van der Waals surface area (Å²) in [5.41, 5.74) is 12.2. The Balaban J connectivity index is 4.01. The molecule has 0 bridgehead atoms. The van der Waals surface area contributed by atoms with Crippen LogP contribution in [0.25, 0.3) is 0 Å². The van der Waals surface area contributed by atoms with Crippen molar-refractivity contribution < 1.29 is 28.6 Å². The van der Waals surface area contributed by atoms with Crippen LogP contribution in [0.2, 0.25) is 0 Å². The Labute approximate surface area is 199 Å². The highest BCUT2D eigenvalue weighted by molar-refractivity contribution is 5.81. The molecule has 6 N–H and O–H groups in total. The van der Waals surface area contributed by atoms with Crippen LogP contribution in [0.5, 0.6) is 0 Å². The van der Waals surface area contributed by atoms with Crippen LogP contribution in [-0.2, 0) is 23.8 Å². The number of unbranched alkanes of at least 4 members (excludes halogenated alkanes) is 1. The second-order valence-electron chi connectivity index (χ2n) is 10.4. The molecule has 0 rings (SSSR count). The van der Waals surface area contributed by atoms with Crippen molar-refractivity contribution in [2.45, 2.75) is 103 Å². The monoisotopic (exact) mass is 476 g/mol. The van der Waals surface area contributed by atoms with E-state index in [2.05, 4.69) is 10.8 Å². The Morgan fingerprint density at radius 1 is 0.879 bits per heavy atom. The number of rotatable bonds is 17. The van der Waals surface area contributed by atoms with Crippen LogP contribution in [-0.4, -0.2) is 67.8 Å². The first-order chi connectivity index (χ1) is 15.2. The molecule has 0 unspecified atom stereocenters. The molecule has 2 amide bonds. The molecule has 0 radical (unpaired) electrons. The standard InChI is InChI=1S/C23H48N4O6/c1-21(2,3)33-20(29)27-32-17-16-31-23(6,7)12-15-30-22(4,5)11-14-26-19(28)18(25)10-8-9-13-24/h18H,8-17,24-25H2,1-7H3,(H,26,28)(H,27,29)/t18-/m0/s1. The topological polar surface area (TPSA) is 147 Å². The third kappa shape index (κ3) is 18.6. The molecule has 0 saturated heterocycles. The molecule has 33 heavy (non-hydrogen) atoms. The van der Waals surface area contributed by atoms with Gasteiger partial charge in [0.1, 0.15) is 5.60 Å². The molecular formula is C23H48N4O6. The summed E-state index contributed by atoms with van der Waals surface area (Å²) in [7, 11) is 0. The minimum atomic E-state index is -0.637. The Hall–Kier alpha value is -1.46. The van der Waals surface area contributed by atoms with Gasteiger partial charge < -0.3 is 31.0 Å². The lowest BCUT2D eigenvalue weighted by Crippen LogP contribution is -2.42. The summed E-state index contributed by atoms with van der Waals surface area (Å²) < 4.78 is 16.9. The first kappa shape index (κ1) is 31.5. The molecule has 0 heterocycles. The maximum Gasteiger partial charge on any atom is 0.431 e. The molecule has 0 aliphatic carbocycles. The Kier molecular flexibility index (Phi) is 14.8. The van der Waals surface area contributed by atoms with Crippen LogP contribution in [0.1, 0.15) is 80.6 Å². The van der Waals surface area contributed by atoms with E-state index < -0.39 is 28.9 Å². The molecule has 0 aromatic rings. The van der Waals surface area contributed by atoms with E-state index in [1.165, 1.54) is 0 Å². The first-order valence-electron chi connectivity index (χ1n) is 11.8. The van der Waals surface area contributed by atoms with Gasteiger partial charge in [-0.15, -0.1) is 0 Å². The molecule has 0 fully saturated rings. The Morgan fingerprint density at radius 2 is 1.48 bits per heavy atom. The molecule has 10 nitrogen and oxygen atoms in total. The zero-order valence-electron chi connectivity index (χ0n) is 21.8. The predicted molar refractivity (Wildman–Crippen MR) is 129 cm³/mol. The maximum atomic E-state index is 12.0. The molecule has 0 aliphatic rings. The number of carbonyl (C=O) groups is 2. The van der Waals surface area contributed by atoms with Gasteiger partial charge in [-0.2, -0.15) is 5.48 Å². The summed E-state index contributed by atoms with van der Waals surface area (Å²) in [6.45, 7) is 15.4. The normalized spacial score (nSPS) is 13.5. The lowest BCUT2D eigenvalue weighted by Gasteiger charge is -2.30. The molecule has 0 aliphatic heterocycles. The van der Waals surface area contributed by atoms with E-state index in [-0.39, 0.29) is 12.5 Å². The Bertz CT molecular complexity index is 564. The maximum absolute atomic E-state index is 12.0. The summed E-state index contributed by atoms with van der Waals surface area (Å²) in [5, 5.41) is 2.88. The highest BCUT2D eigenvalue weighted by Gasteiger charge is 2.23. The Morgan fingerprint density at radius 3 is 2.09 bits per heavy atom. The number of hydrogen-bond donors (Lipinski definition) is 4. The molecule has 10 heteroatoms. The van der Waals surface area contributed by atoms with E-state index in [0.717, 1.165) is 12.8 Å². The minimum Gasteiger partial charge on any atom is -0.442 e. The largest absolute Gasteiger partial charge is 0.442 e. The van der Waals surface area contributed by atoms with Crippen LogP contribution in [0, 0.1) is 0 Å². The lowest BCUT2D eigenvalue weighted by atomic mass is 10.0. The zero-order chi connectivity index (χ0) is 25.5. The van der Waals surface area contributed by atoms with Gasteiger partial charge in [0.25, 0.3) is 0 Å². The summed E-state index contributed by atoms with van der Waals surface area (Å²) in [6, 6.07) is -0.498. The van der Waals surface area contributed by atoms with Crippen molar-refractivity contribution in [3.8, 4) is 0 Å². The van der Waals surface area contributed by atoms with Gasteiger partial charge in [0.2, 0.25) is 5.91 Å². The highest BCUT2D eigenvalue weighted by Crippen LogP contribution is 2.19. The first-order valence-corrected chi connectivity index (χ1v) is 11.8. The lowest BCUT2D eigenvalue weighted by molar-refractivity contribution is -0.122. The van der Waals surface area contributed by atoms with E-state index in [0.29, 0.717) is 45.6 Å². The van der Waals surface area contributed by atoms with Crippen LogP contribution in [0.15, 0.2) is 0 Å². The van der Waals surface area contributed by atoms with Crippen molar-refractivity contribution in [1.29, 1.82) is 0 Å². The summed E-state index contributed by atoms with van der Waals surface area (Å²) in [5.74, 6) is -0.138. The van der Waals surface area contributed by atoms with E-state index in [1.54, 1.807) is 20.8 Å². The number of ether oxygens (including phenoxy) is 3. The number of hydrogen-bond acceptors (Lipinski definition) is 8. The van der Waals surface area contributed by atoms with E-state index >= 15 is 0 Å². The summed E-state index contributed by atoms with van der Waals surface area (Å²) in [4.78, 5) is 28.6. The van der Waals surface area contributed by atoms with Crippen molar-refractivity contribution in [2.75, 3.05) is 32.9 Å². The van der Waals surface area contributed by atoms with Gasteiger partial charge in [0.15, 0.2) is 0 Å². The average molecular weight is 477 g/mol. The van der Waals surface area contributed by atoms with Crippen LogP contribution in [0.3, 0.4) is 0 Å². The average Bonchev–Trinajstić information content (AvgIpc) is 2.65. The van der Waals surface area contributed by atoms with Gasteiger partial charge in [-0.25, -0.2) is 4.79 Å². The second kappa shape index (κ2) is 15.4. The molecule has 196 valence electrons. The van der Waals surface area contributed by atoms with Crippen LogP contribution in [0.4, 0.5) is 4.79 Å². The fraction of sp³-hybridized carbons (Fsp3) is 0.913.